The molecule has 1 heterocycles. The quantitative estimate of drug-likeness (QED) is 0.778. The monoisotopic (exact) mass is 284 g/mol. The predicted molar refractivity (Wildman–Crippen MR) is 70.0 cm³/mol. The first-order chi connectivity index (χ1) is 9.15. The normalized spacial score (nSPS) is 22.7. The zero-order valence-electron chi connectivity index (χ0n) is 10.3. The average Bonchev–Trinajstić information content (AvgIpc) is 2.89. The Morgan fingerprint density at radius 3 is 2.68 bits per heavy atom. The van der Waals surface area contributed by atoms with E-state index in [1.54, 1.807) is 0 Å². The topological polar surface area (TPSA) is 104 Å². The molecular formula is C11H16N4O3S. The first-order valence-electron chi connectivity index (χ1n) is 6.20. The number of hydrogen-bond acceptors (Lipinski definition) is 5. The lowest BCUT2D eigenvalue weighted by atomic mass is 9.82. The molecule has 1 aliphatic rings. The highest BCUT2D eigenvalue weighted by molar-refractivity contribution is 7.10. The molecule has 8 heteroatoms. The number of nitrogens with zero attached hydrogens (tertiary/aromatic N) is 2. The van der Waals surface area contributed by atoms with Crippen molar-refractivity contribution in [2.24, 2.45) is 11.8 Å². The summed E-state index contributed by atoms with van der Waals surface area (Å²) < 4.78 is 3.64. The Hall–Kier alpha value is -1.70. The van der Waals surface area contributed by atoms with Gasteiger partial charge in [-0.05, 0) is 31.6 Å². The number of anilines is 1. The predicted octanol–water partition coefficient (Wildman–Crippen LogP) is 1.55. The number of amides is 2. The highest BCUT2D eigenvalue weighted by Gasteiger charge is 2.25. The number of rotatable bonds is 4. The summed E-state index contributed by atoms with van der Waals surface area (Å²) in [6.07, 6.45) is 4.57. The zero-order valence-corrected chi connectivity index (χ0v) is 11.2. The molecular weight excluding hydrogens is 268 g/mol. The van der Waals surface area contributed by atoms with Gasteiger partial charge in [-0.15, -0.1) is 5.10 Å². The lowest BCUT2D eigenvalue weighted by Gasteiger charge is -2.26. The molecule has 1 fully saturated rings. The van der Waals surface area contributed by atoms with Gasteiger partial charge in [-0.2, -0.15) is 0 Å². The Bertz CT molecular complexity index is 429. The number of nitrogens with one attached hydrogen (secondary N) is 2. The summed E-state index contributed by atoms with van der Waals surface area (Å²) in [7, 11) is 0. The third kappa shape index (κ3) is 4.16. The van der Waals surface area contributed by atoms with E-state index in [2.05, 4.69) is 20.2 Å². The third-order valence-corrected chi connectivity index (χ3v) is 3.93. The van der Waals surface area contributed by atoms with Crippen molar-refractivity contribution in [1.82, 2.24) is 14.9 Å². The van der Waals surface area contributed by atoms with Gasteiger partial charge in [0.2, 0.25) is 0 Å². The van der Waals surface area contributed by atoms with Gasteiger partial charge >= 0.3 is 12.0 Å². The van der Waals surface area contributed by atoms with Crippen LogP contribution in [0.3, 0.4) is 0 Å². The summed E-state index contributed by atoms with van der Waals surface area (Å²) in [5.74, 6) is -0.559. The van der Waals surface area contributed by atoms with E-state index in [0.717, 1.165) is 24.4 Å². The number of carbonyl (C=O) groups excluding carboxylic acids is 1. The molecule has 7 nitrogen and oxygen atoms in total. The second-order valence-electron chi connectivity index (χ2n) is 4.67. The van der Waals surface area contributed by atoms with Crippen LogP contribution in [-0.2, 0) is 4.79 Å². The molecule has 0 unspecified atom stereocenters. The minimum absolute atomic E-state index is 0.214. The molecule has 0 spiro atoms. The Kier molecular flexibility index (Phi) is 4.67. The van der Waals surface area contributed by atoms with Crippen LogP contribution in [0, 0.1) is 11.8 Å². The van der Waals surface area contributed by atoms with Gasteiger partial charge in [0, 0.05) is 18.1 Å². The second kappa shape index (κ2) is 6.46. The van der Waals surface area contributed by atoms with Crippen molar-refractivity contribution < 1.29 is 14.7 Å². The highest BCUT2D eigenvalue weighted by Crippen LogP contribution is 2.28. The summed E-state index contributed by atoms with van der Waals surface area (Å²) in [6.45, 7) is 0.574. The van der Waals surface area contributed by atoms with Gasteiger partial charge in [0.05, 0.1) is 12.1 Å². The molecule has 3 N–H and O–H groups in total. The van der Waals surface area contributed by atoms with Gasteiger partial charge < -0.3 is 10.4 Å². The molecule has 1 aromatic heterocycles. The van der Waals surface area contributed by atoms with Crippen LogP contribution in [0.1, 0.15) is 25.7 Å². The molecule has 0 aliphatic heterocycles. The number of aliphatic carboxylic acids is 1. The molecule has 0 aromatic carbocycles. The number of hydrogen-bond donors (Lipinski definition) is 3. The first-order valence-corrected chi connectivity index (χ1v) is 6.97. The van der Waals surface area contributed by atoms with Crippen molar-refractivity contribution in [1.29, 1.82) is 0 Å². The van der Waals surface area contributed by atoms with E-state index in [4.69, 9.17) is 5.11 Å². The van der Waals surface area contributed by atoms with E-state index < -0.39 is 5.97 Å². The van der Waals surface area contributed by atoms with Crippen molar-refractivity contribution in [3.63, 3.8) is 0 Å². The highest BCUT2D eigenvalue weighted by atomic mass is 32.1. The van der Waals surface area contributed by atoms with Gasteiger partial charge in [-0.25, -0.2) is 4.79 Å². The first kappa shape index (κ1) is 13.7. The van der Waals surface area contributed by atoms with E-state index in [0.29, 0.717) is 30.3 Å². The maximum absolute atomic E-state index is 11.6. The fraction of sp³-hybridized carbons (Fsp3) is 0.636. The SMILES string of the molecule is O=C(NCC1CCC(C(=O)O)CC1)Nc1cnns1. The van der Waals surface area contributed by atoms with Crippen molar-refractivity contribution >= 4 is 28.5 Å². The lowest BCUT2D eigenvalue weighted by molar-refractivity contribution is -0.143. The third-order valence-electron chi connectivity index (χ3n) is 3.35. The summed E-state index contributed by atoms with van der Waals surface area (Å²) in [5.41, 5.74) is 0. The van der Waals surface area contributed by atoms with Crippen LogP contribution in [0.5, 0.6) is 0 Å². The van der Waals surface area contributed by atoms with Crippen molar-refractivity contribution in [2.75, 3.05) is 11.9 Å². The van der Waals surface area contributed by atoms with E-state index in [1.165, 1.54) is 6.20 Å². The smallest absolute Gasteiger partial charge is 0.319 e. The Morgan fingerprint density at radius 2 is 2.11 bits per heavy atom. The Balaban J connectivity index is 1.66. The fourth-order valence-corrected chi connectivity index (χ4v) is 2.64. The van der Waals surface area contributed by atoms with E-state index in [-0.39, 0.29) is 11.9 Å². The molecule has 2 amide bonds. The van der Waals surface area contributed by atoms with Gasteiger partial charge in [-0.3, -0.25) is 10.1 Å². The molecule has 1 aliphatic carbocycles. The fourth-order valence-electron chi connectivity index (χ4n) is 2.23. The van der Waals surface area contributed by atoms with E-state index in [9.17, 15) is 9.59 Å². The zero-order chi connectivity index (χ0) is 13.7. The van der Waals surface area contributed by atoms with Gasteiger partial charge in [0.25, 0.3) is 0 Å². The maximum Gasteiger partial charge on any atom is 0.319 e. The minimum atomic E-state index is -0.707. The molecule has 1 saturated carbocycles. The number of urea groups is 1. The van der Waals surface area contributed by atoms with E-state index >= 15 is 0 Å². The number of carboxylic acid groups (broad SMARTS) is 1. The molecule has 1 aromatic rings. The van der Waals surface area contributed by atoms with Crippen LogP contribution in [0.15, 0.2) is 6.20 Å². The molecule has 0 radical (unpaired) electrons. The van der Waals surface area contributed by atoms with Crippen LogP contribution in [0.2, 0.25) is 0 Å². The van der Waals surface area contributed by atoms with Crippen molar-refractivity contribution in [3.8, 4) is 0 Å². The van der Waals surface area contributed by atoms with Crippen molar-refractivity contribution in [2.45, 2.75) is 25.7 Å². The molecule has 2 rings (SSSR count). The Labute approximate surface area is 114 Å². The molecule has 0 bridgehead atoms. The molecule has 0 atom stereocenters. The van der Waals surface area contributed by atoms with Crippen LogP contribution >= 0.6 is 11.5 Å². The molecule has 104 valence electrons. The summed E-state index contributed by atoms with van der Waals surface area (Å²) in [5, 5.41) is 18.5. The van der Waals surface area contributed by atoms with Crippen LogP contribution in [-0.4, -0.2) is 33.2 Å². The number of carboxylic acids is 1. The lowest BCUT2D eigenvalue weighted by Crippen LogP contribution is -2.34. The summed E-state index contributed by atoms with van der Waals surface area (Å²) in [6, 6.07) is -0.272. The van der Waals surface area contributed by atoms with Crippen LogP contribution in [0.4, 0.5) is 9.80 Å². The van der Waals surface area contributed by atoms with E-state index in [1.807, 2.05) is 0 Å². The van der Waals surface area contributed by atoms with Crippen LogP contribution in [0.25, 0.3) is 0 Å². The number of aromatic nitrogens is 2. The minimum Gasteiger partial charge on any atom is -0.481 e. The van der Waals surface area contributed by atoms with Gasteiger partial charge in [-0.1, -0.05) is 4.49 Å². The summed E-state index contributed by atoms with van der Waals surface area (Å²) >= 11 is 1.12. The Morgan fingerprint density at radius 1 is 1.37 bits per heavy atom. The molecule has 19 heavy (non-hydrogen) atoms. The van der Waals surface area contributed by atoms with Crippen LogP contribution < -0.4 is 10.6 Å². The van der Waals surface area contributed by atoms with Crippen molar-refractivity contribution in [3.05, 3.63) is 6.20 Å². The number of carbonyl (C=O) groups is 2. The van der Waals surface area contributed by atoms with Gasteiger partial charge in [0.1, 0.15) is 5.00 Å². The standard InChI is InChI=1S/C11H16N4O3S/c16-10(17)8-3-1-7(2-4-8)5-12-11(18)14-9-6-13-15-19-9/h6-8H,1-5H2,(H,16,17)(H2,12,14,18). The average molecular weight is 284 g/mol. The molecule has 0 saturated heterocycles. The second-order valence-corrected chi connectivity index (χ2v) is 5.46. The maximum atomic E-state index is 11.6. The van der Waals surface area contributed by atoms with Gasteiger partial charge in [0.15, 0.2) is 0 Å². The summed E-state index contributed by atoms with van der Waals surface area (Å²) in [4.78, 5) is 22.4. The largest absolute Gasteiger partial charge is 0.481 e.